The van der Waals surface area contributed by atoms with E-state index >= 15 is 0 Å². The molecule has 0 N–H and O–H groups in total. The summed E-state index contributed by atoms with van der Waals surface area (Å²) in [5.74, 6) is 0. The summed E-state index contributed by atoms with van der Waals surface area (Å²) in [5, 5.41) is 12.0. The van der Waals surface area contributed by atoms with Gasteiger partial charge in [-0.3, -0.25) is 10.1 Å². The van der Waals surface area contributed by atoms with Gasteiger partial charge in [-0.2, -0.15) is 0 Å². The second-order valence-corrected chi connectivity index (χ2v) is 5.22. The van der Waals surface area contributed by atoms with Crippen LogP contribution >= 0.6 is 34.8 Å². The Morgan fingerprint density at radius 3 is 2.35 bits per heavy atom. The Balaban J connectivity index is 2.34. The Kier molecular flexibility index (Phi) is 4.65. The van der Waals surface area contributed by atoms with Gasteiger partial charge in [0.05, 0.1) is 4.92 Å². The highest BCUT2D eigenvalue weighted by atomic mass is 35.5. The zero-order valence-electron chi connectivity index (χ0n) is 10.0. The van der Waals surface area contributed by atoms with Crippen LogP contribution in [-0.2, 0) is 0 Å². The summed E-state index contributed by atoms with van der Waals surface area (Å²) < 4.78 is 0. The van der Waals surface area contributed by atoms with Crippen LogP contribution in [0, 0.1) is 10.1 Å². The van der Waals surface area contributed by atoms with Gasteiger partial charge in [0.15, 0.2) is 0 Å². The van der Waals surface area contributed by atoms with E-state index in [4.69, 9.17) is 34.8 Å². The molecule has 102 valence electrons. The van der Waals surface area contributed by atoms with Crippen LogP contribution in [0.5, 0.6) is 0 Å². The summed E-state index contributed by atoms with van der Waals surface area (Å²) in [6.45, 7) is 0. The third-order valence-corrected chi connectivity index (χ3v) is 3.48. The average molecular weight is 329 g/mol. The van der Waals surface area contributed by atoms with Crippen molar-refractivity contribution in [2.24, 2.45) is 0 Å². The van der Waals surface area contributed by atoms with Gasteiger partial charge in [-0.15, -0.1) is 0 Å². The first kappa shape index (κ1) is 14.9. The number of hydrogen-bond donors (Lipinski definition) is 0. The zero-order chi connectivity index (χ0) is 14.7. The Morgan fingerprint density at radius 2 is 1.65 bits per heavy atom. The molecule has 0 atom stereocenters. The topological polar surface area (TPSA) is 43.1 Å². The van der Waals surface area contributed by atoms with Gasteiger partial charge in [0.1, 0.15) is 5.02 Å². The van der Waals surface area contributed by atoms with Crippen molar-refractivity contribution in [2.45, 2.75) is 0 Å². The molecular weight excluding hydrogens is 321 g/mol. The van der Waals surface area contributed by atoms with E-state index in [9.17, 15) is 10.1 Å². The maximum absolute atomic E-state index is 10.8. The van der Waals surface area contributed by atoms with Gasteiger partial charge < -0.3 is 0 Å². The first-order chi connectivity index (χ1) is 9.47. The van der Waals surface area contributed by atoms with E-state index in [0.29, 0.717) is 15.6 Å². The van der Waals surface area contributed by atoms with Gasteiger partial charge in [-0.1, -0.05) is 53.0 Å². The van der Waals surface area contributed by atoms with Crippen LogP contribution in [0.2, 0.25) is 15.1 Å². The van der Waals surface area contributed by atoms with E-state index in [1.54, 1.807) is 36.4 Å². The largest absolute Gasteiger partial charge is 0.288 e. The minimum Gasteiger partial charge on any atom is -0.258 e. The molecule has 0 saturated heterocycles. The summed E-state index contributed by atoms with van der Waals surface area (Å²) in [6, 6.07) is 9.66. The van der Waals surface area contributed by atoms with Crippen molar-refractivity contribution in [3.05, 3.63) is 72.7 Å². The van der Waals surface area contributed by atoms with Crippen LogP contribution in [0.3, 0.4) is 0 Å². The molecule has 0 spiro atoms. The number of nitrogens with zero attached hydrogens (tertiary/aromatic N) is 1. The molecule has 0 aliphatic carbocycles. The number of nitro benzene ring substituents is 1. The molecule has 0 saturated carbocycles. The molecule has 20 heavy (non-hydrogen) atoms. The van der Waals surface area contributed by atoms with Gasteiger partial charge >= 0.3 is 0 Å². The van der Waals surface area contributed by atoms with Crippen molar-refractivity contribution < 1.29 is 4.92 Å². The van der Waals surface area contributed by atoms with E-state index in [1.807, 2.05) is 0 Å². The molecule has 3 nitrogen and oxygen atoms in total. The average Bonchev–Trinajstić information content (AvgIpc) is 2.41. The standard InChI is InChI=1S/C14H8Cl3NO2/c15-11-4-6-12(16)10(8-11)3-1-9-2-5-13(17)14(7-9)18(19)20/h1-8H/b3-1+. The fraction of sp³-hybridized carbons (Fsp3) is 0. The molecule has 0 aromatic heterocycles. The van der Waals surface area contributed by atoms with Crippen molar-refractivity contribution in [3.8, 4) is 0 Å². The van der Waals surface area contributed by atoms with Crippen LogP contribution in [0.25, 0.3) is 12.2 Å². The molecular formula is C14H8Cl3NO2. The SMILES string of the molecule is O=[N+]([O-])c1cc(/C=C/c2cc(Cl)ccc2Cl)ccc1Cl. The van der Waals surface area contributed by atoms with Crippen LogP contribution in [0.15, 0.2) is 36.4 Å². The molecule has 0 fully saturated rings. The van der Waals surface area contributed by atoms with E-state index < -0.39 is 4.92 Å². The van der Waals surface area contributed by atoms with E-state index in [-0.39, 0.29) is 10.7 Å². The molecule has 0 aliphatic heterocycles. The Bertz CT molecular complexity index is 699. The van der Waals surface area contributed by atoms with Crippen LogP contribution in [0.1, 0.15) is 11.1 Å². The highest BCUT2D eigenvalue weighted by Gasteiger charge is 2.11. The lowest BCUT2D eigenvalue weighted by Crippen LogP contribution is -1.89. The second kappa shape index (κ2) is 6.27. The second-order valence-electron chi connectivity index (χ2n) is 3.97. The van der Waals surface area contributed by atoms with Crippen molar-refractivity contribution in [1.82, 2.24) is 0 Å². The summed E-state index contributed by atoms with van der Waals surface area (Å²) in [7, 11) is 0. The smallest absolute Gasteiger partial charge is 0.258 e. The Labute approximate surface area is 130 Å². The fourth-order valence-electron chi connectivity index (χ4n) is 1.60. The van der Waals surface area contributed by atoms with Crippen LogP contribution in [0.4, 0.5) is 5.69 Å². The number of halogens is 3. The Hall–Kier alpha value is -1.55. The third-order valence-electron chi connectivity index (χ3n) is 2.58. The van der Waals surface area contributed by atoms with Crippen LogP contribution in [-0.4, -0.2) is 4.92 Å². The molecule has 0 amide bonds. The molecule has 2 rings (SSSR count). The summed E-state index contributed by atoms with van der Waals surface area (Å²) >= 11 is 17.7. The molecule has 2 aromatic rings. The lowest BCUT2D eigenvalue weighted by Gasteiger charge is -2.00. The maximum atomic E-state index is 10.8. The van der Waals surface area contributed by atoms with Gasteiger partial charge in [0.2, 0.25) is 0 Å². The predicted octanol–water partition coefficient (Wildman–Crippen LogP) is 5.73. The van der Waals surface area contributed by atoms with E-state index in [2.05, 4.69) is 0 Å². The van der Waals surface area contributed by atoms with Crippen molar-refractivity contribution in [2.75, 3.05) is 0 Å². The fourth-order valence-corrected chi connectivity index (χ4v) is 2.15. The summed E-state index contributed by atoms with van der Waals surface area (Å²) in [6.07, 6.45) is 3.45. The monoisotopic (exact) mass is 327 g/mol. The molecule has 0 unspecified atom stereocenters. The van der Waals surface area contributed by atoms with Crippen molar-refractivity contribution >= 4 is 52.6 Å². The lowest BCUT2D eigenvalue weighted by molar-refractivity contribution is -0.384. The minimum atomic E-state index is -0.522. The summed E-state index contributed by atoms with van der Waals surface area (Å²) in [4.78, 5) is 10.3. The van der Waals surface area contributed by atoms with Gasteiger partial charge in [-0.25, -0.2) is 0 Å². The van der Waals surface area contributed by atoms with E-state index in [1.165, 1.54) is 12.1 Å². The molecule has 0 heterocycles. The molecule has 6 heteroatoms. The zero-order valence-corrected chi connectivity index (χ0v) is 12.3. The Morgan fingerprint density at radius 1 is 0.950 bits per heavy atom. The van der Waals surface area contributed by atoms with Crippen molar-refractivity contribution in [1.29, 1.82) is 0 Å². The number of benzene rings is 2. The molecule has 0 radical (unpaired) electrons. The predicted molar refractivity (Wildman–Crippen MR) is 83.5 cm³/mol. The normalized spacial score (nSPS) is 10.9. The maximum Gasteiger partial charge on any atom is 0.288 e. The number of nitro groups is 1. The third kappa shape index (κ3) is 3.51. The first-order valence-electron chi connectivity index (χ1n) is 5.54. The van der Waals surface area contributed by atoms with Crippen molar-refractivity contribution in [3.63, 3.8) is 0 Å². The number of hydrogen-bond acceptors (Lipinski definition) is 2. The molecule has 0 bridgehead atoms. The van der Waals surface area contributed by atoms with Gasteiger partial charge in [0.25, 0.3) is 5.69 Å². The summed E-state index contributed by atoms with van der Waals surface area (Å²) in [5.41, 5.74) is 1.25. The quantitative estimate of drug-likeness (QED) is 0.410. The minimum absolute atomic E-state index is 0.105. The van der Waals surface area contributed by atoms with Crippen LogP contribution < -0.4 is 0 Å². The highest BCUT2D eigenvalue weighted by molar-refractivity contribution is 6.34. The first-order valence-corrected chi connectivity index (χ1v) is 6.68. The molecule has 0 aliphatic rings. The number of rotatable bonds is 3. The van der Waals surface area contributed by atoms with Gasteiger partial charge in [0, 0.05) is 16.1 Å². The highest BCUT2D eigenvalue weighted by Crippen LogP contribution is 2.27. The van der Waals surface area contributed by atoms with Gasteiger partial charge in [-0.05, 0) is 35.4 Å². The lowest BCUT2D eigenvalue weighted by atomic mass is 10.1. The molecule has 2 aromatic carbocycles. The van der Waals surface area contributed by atoms with E-state index in [0.717, 1.165) is 5.56 Å².